The van der Waals surface area contributed by atoms with Crippen molar-refractivity contribution in [3.63, 3.8) is 0 Å². The van der Waals surface area contributed by atoms with Gasteiger partial charge in [0.25, 0.3) is 0 Å². The summed E-state index contributed by atoms with van der Waals surface area (Å²) in [6, 6.07) is 0. The third-order valence-electron chi connectivity index (χ3n) is 1.89. The Hall–Kier alpha value is 0.260. The molecule has 1 fully saturated rings. The number of piperidine rings is 1. The van der Waals surface area contributed by atoms with Crippen LogP contribution in [0.4, 0.5) is 0 Å². The highest BCUT2D eigenvalue weighted by Gasteiger charge is 2.22. The zero-order valence-corrected chi connectivity index (χ0v) is 8.24. The average molecular weight is 195 g/mol. The molecule has 66 valence electrons. The molecule has 0 saturated carbocycles. The predicted octanol–water partition coefficient (Wildman–Crippen LogP) is 0.340. The Balaban J connectivity index is 2.53. The van der Waals surface area contributed by atoms with Crippen molar-refractivity contribution in [1.29, 1.82) is 0 Å². The lowest BCUT2D eigenvalue weighted by Gasteiger charge is -2.27. The molecular formula is C6H13NO2S2. The smallest absolute Gasteiger partial charge is 0.211 e. The van der Waals surface area contributed by atoms with E-state index in [0.717, 1.165) is 12.8 Å². The molecule has 3 nitrogen and oxygen atoms in total. The largest absolute Gasteiger partial charge is 0.213 e. The van der Waals surface area contributed by atoms with Gasteiger partial charge in [0.15, 0.2) is 0 Å². The molecule has 0 bridgehead atoms. The van der Waals surface area contributed by atoms with E-state index in [1.54, 1.807) is 0 Å². The molecule has 1 heterocycles. The maximum absolute atomic E-state index is 11.0. The van der Waals surface area contributed by atoms with E-state index in [1.165, 1.54) is 10.6 Å². The van der Waals surface area contributed by atoms with Gasteiger partial charge in [-0.2, -0.15) is 12.6 Å². The highest BCUT2D eigenvalue weighted by atomic mass is 32.2. The first-order valence-corrected chi connectivity index (χ1v) is 6.00. The lowest BCUT2D eigenvalue weighted by molar-refractivity contribution is 0.356. The zero-order valence-electron chi connectivity index (χ0n) is 6.52. The van der Waals surface area contributed by atoms with E-state index in [1.807, 2.05) is 0 Å². The summed E-state index contributed by atoms with van der Waals surface area (Å²) in [5.41, 5.74) is 0. The summed E-state index contributed by atoms with van der Waals surface area (Å²) in [5, 5.41) is 0.382. The first kappa shape index (κ1) is 9.35. The third-order valence-corrected chi connectivity index (χ3v) is 3.71. The van der Waals surface area contributed by atoms with Gasteiger partial charge in [-0.1, -0.05) is 0 Å². The minimum Gasteiger partial charge on any atom is -0.213 e. The van der Waals surface area contributed by atoms with E-state index in [-0.39, 0.29) is 0 Å². The number of thiol groups is 1. The van der Waals surface area contributed by atoms with E-state index < -0.39 is 10.0 Å². The average Bonchev–Trinajstić information content (AvgIpc) is 1.86. The molecule has 0 aromatic heterocycles. The van der Waals surface area contributed by atoms with Crippen molar-refractivity contribution in [3.05, 3.63) is 0 Å². The van der Waals surface area contributed by atoms with Gasteiger partial charge >= 0.3 is 0 Å². The van der Waals surface area contributed by atoms with Crippen LogP contribution in [-0.2, 0) is 10.0 Å². The molecule has 0 spiro atoms. The first-order chi connectivity index (χ1) is 5.00. The summed E-state index contributed by atoms with van der Waals surface area (Å²) in [7, 11) is -2.95. The summed E-state index contributed by atoms with van der Waals surface area (Å²) in [6.45, 7) is 1.26. The summed E-state index contributed by atoms with van der Waals surface area (Å²) in [6.07, 6.45) is 3.00. The standard InChI is InChI=1S/C6H13NO2S2/c1-11(8,9)7-4-2-6(10)3-5-7/h6,10H,2-5H2,1H3. The van der Waals surface area contributed by atoms with Crippen LogP contribution in [0.1, 0.15) is 12.8 Å². The van der Waals surface area contributed by atoms with Gasteiger partial charge in [-0.3, -0.25) is 0 Å². The Morgan fingerprint density at radius 1 is 1.36 bits per heavy atom. The lowest BCUT2D eigenvalue weighted by Crippen LogP contribution is -2.38. The molecule has 0 radical (unpaired) electrons. The van der Waals surface area contributed by atoms with Crippen LogP contribution in [0.3, 0.4) is 0 Å². The van der Waals surface area contributed by atoms with Gasteiger partial charge in [0.2, 0.25) is 10.0 Å². The maximum Gasteiger partial charge on any atom is 0.211 e. The van der Waals surface area contributed by atoms with Crippen LogP contribution in [0.5, 0.6) is 0 Å². The van der Waals surface area contributed by atoms with Gasteiger partial charge in [0.05, 0.1) is 6.26 Å². The van der Waals surface area contributed by atoms with Crippen molar-refractivity contribution in [2.45, 2.75) is 18.1 Å². The number of sulfonamides is 1. The topological polar surface area (TPSA) is 37.4 Å². The third kappa shape index (κ3) is 2.65. The molecule has 0 aromatic rings. The van der Waals surface area contributed by atoms with E-state index in [0.29, 0.717) is 18.3 Å². The Morgan fingerprint density at radius 3 is 2.18 bits per heavy atom. The summed E-state index contributed by atoms with van der Waals surface area (Å²) < 4.78 is 23.5. The second kappa shape index (κ2) is 3.33. The first-order valence-electron chi connectivity index (χ1n) is 3.63. The fourth-order valence-corrected chi connectivity index (χ4v) is 2.28. The SMILES string of the molecule is CS(=O)(=O)N1CCC(S)CC1. The van der Waals surface area contributed by atoms with Gasteiger partial charge < -0.3 is 0 Å². The van der Waals surface area contributed by atoms with E-state index in [2.05, 4.69) is 12.6 Å². The Bertz CT molecular complexity index is 217. The van der Waals surface area contributed by atoms with E-state index >= 15 is 0 Å². The second-order valence-electron chi connectivity index (χ2n) is 2.89. The molecule has 0 aliphatic carbocycles. The minimum atomic E-state index is -2.95. The minimum absolute atomic E-state index is 0.382. The molecule has 5 heteroatoms. The second-order valence-corrected chi connectivity index (χ2v) is 5.61. The van der Waals surface area contributed by atoms with Crippen LogP contribution >= 0.6 is 12.6 Å². The van der Waals surface area contributed by atoms with Crippen molar-refractivity contribution >= 4 is 22.7 Å². The molecule has 1 aliphatic heterocycles. The number of hydrogen-bond donors (Lipinski definition) is 1. The van der Waals surface area contributed by atoms with Crippen LogP contribution in [0.25, 0.3) is 0 Å². The van der Waals surface area contributed by atoms with Crippen LogP contribution < -0.4 is 0 Å². The molecule has 0 amide bonds. The molecule has 0 N–H and O–H groups in total. The Kier molecular flexibility index (Phi) is 2.83. The fourth-order valence-electron chi connectivity index (χ4n) is 1.17. The van der Waals surface area contributed by atoms with Gasteiger partial charge in [-0.15, -0.1) is 0 Å². The summed E-state index contributed by atoms with van der Waals surface area (Å²) in [5.74, 6) is 0. The molecule has 0 atom stereocenters. The van der Waals surface area contributed by atoms with Gasteiger partial charge in [-0.25, -0.2) is 12.7 Å². The molecule has 1 rings (SSSR count). The lowest BCUT2D eigenvalue weighted by atomic mass is 10.2. The fraction of sp³-hybridized carbons (Fsp3) is 1.00. The van der Waals surface area contributed by atoms with Crippen molar-refractivity contribution < 1.29 is 8.42 Å². The maximum atomic E-state index is 11.0. The highest BCUT2D eigenvalue weighted by molar-refractivity contribution is 7.88. The monoisotopic (exact) mass is 195 g/mol. The normalized spacial score (nSPS) is 23.8. The van der Waals surface area contributed by atoms with Crippen molar-refractivity contribution in [2.24, 2.45) is 0 Å². The number of rotatable bonds is 1. The Labute approximate surface area is 73.2 Å². The highest BCUT2D eigenvalue weighted by Crippen LogP contribution is 2.16. The van der Waals surface area contributed by atoms with Crippen LogP contribution in [0, 0.1) is 0 Å². The molecule has 1 saturated heterocycles. The molecule has 11 heavy (non-hydrogen) atoms. The quantitative estimate of drug-likeness (QED) is 0.613. The molecule has 0 aromatic carbocycles. The molecular weight excluding hydrogens is 182 g/mol. The Morgan fingerprint density at radius 2 is 1.82 bits per heavy atom. The van der Waals surface area contributed by atoms with Gasteiger partial charge in [-0.05, 0) is 12.8 Å². The molecule has 0 unspecified atom stereocenters. The van der Waals surface area contributed by atoms with Crippen molar-refractivity contribution in [2.75, 3.05) is 19.3 Å². The molecule has 1 aliphatic rings. The summed E-state index contributed by atoms with van der Waals surface area (Å²) >= 11 is 4.28. The van der Waals surface area contributed by atoms with E-state index in [4.69, 9.17) is 0 Å². The van der Waals surface area contributed by atoms with E-state index in [9.17, 15) is 8.42 Å². The number of hydrogen-bond acceptors (Lipinski definition) is 3. The van der Waals surface area contributed by atoms with Crippen molar-refractivity contribution in [1.82, 2.24) is 4.31 Å². The predicted molar refractivity (Wildman–Crippen MR) is 48.4 cm³/mol. The number of nitrogens with zero attached hydrogens (tertiary/aromatic N) is 1. The summed E-state index contributed by atoms with van der Waals surface area (Å²) in [4.78, 5) is 0. The zero-order chi connectivity index (χ0) is 8.48. The van der Waals surface area contributed by atoms with Crippen LogP contribution in [0.15, 0.2) is 0 Å². The van der Waals surface area contributed by atoms with Crippen LogP contribution in [-0.4, -0.2) is 37.3 Å². The van der Waals surface area contributed by atoms with Crippen molar-refractivity contribution in [3.8, 4) is 0 Å². The van der Waals surface area contributed by atoms with Gasteiger partial charge in [0, 0.05) is 18.3 Å². The van der Waals surface area contributed by atoms with Gasteiger partial charge in [0.1, 0.15) is 0 Å². The van der Waals surface area contributed by atoms with Crippen LogP contribution in [0.2, 0.25) is 0 Å².